The number of thiophene rings is 1. The van der Waals surface area contributed by atoms with E-state index in [1.807, 2.05) is 18.4 Å². The van der Waals surface area contributed by atoms with Crippen LogP contribution in [0.1, 0.15) is 45.3 Å². The quantitative estimate of drug-likeness (QED) is 0.497. The molecule has 0 aliphatic carbocycles. The van der Waals surface area contributed by atoms with E-state index in [1.165, 1.54) is 23.8 Å². The number of thioether (sulfide) groups is 1. The van der Waals surface area contributed by atoms with Crippen LogP contribution in [0, 0.1) is 6.92 Å². The topological polar surface area (TPSA) is 106 Å². The lowest BCUT2D eigenvalue weighted by Gasteiger charge is -2.08. The summed E-state index contributed by atoms with van der Waals surface area (Å²) in [6.07, 6.45) is 0.757. The summed E-state index contributed by atoms with van der Waals surface area (Å²) in [4.78, 5) is 38.9. The fourth-order valence-electron chi connectivity index (χ4n) is 2.65. The summed E-state index contributed by atoms with van der Waals surface area (Å²) in [6, 6.07) is 0. The molecule has 0 unspecified atom stereocenters. The zero-order valence-corrected chi connectivity index (χ0v) is 19.0. The predicted octanol–water partition coefficient (Wildman–Crippen LogP) is 2.45. The van der Waals surface area contributed by atoms with E-state index in [0.717, 1.165) is 23.6 Å². The average molecular weight is 440 g/mol. The number of esters is 1. The molecule has 0 bridgehead atoms. The minimum atomic E-state index is -0.599. The van der Waals surface area contributed by atoms with Crippen LogP contribution in [0.15, 0.2) is 5.16 Å². The van der Waals surface area contributed by atoms with Gasteiger partial charge in [-0.05, 0) is 19.4 Å². The molecule has 2 heterocycles. The average Bonchev–Trinajstić information content (AvgIpc) is 3.24. The highest BCUT2D eigenvalue weighted by molar-refractivity contribution is 7.99. The Balaban J connectivity index is 2.21. The maximum absolute atomic E-state index is 12.5. The Bertz CT molecular complexity index is 920. The van der Waals surface area contributed by atoms with Gasteiger partial charge < -0.3 is 19.5 Å². The summed E-state index contributed by atoms with van der Waals surface area (Å²) in [5.41, 5.74) is 0.688. The van der Waals surface area contributed by atoms with Gasteiger partial charge in [0.25, 0.3) is 5.91 Å². The van der Waals surface area contributed by atoms with E-state index in [9.17, 15) is 14.4 Å². The second-order valence-corrected chi connectivity index (χ2v) is 8.25. The molecule has 1 N–H and O–H groups in total. The molecule has 29 heavy (non-hydrogen) atoms. The number of aryl methyl sites for hydroxylation is 1. The molecule has 9 nitrogen and oxygen atoms in total. The van der Waals surface area contributed by atoms with Crippen LogP contribution in [0.3, 0.4) is 0 Å². The van der Waals surface area contributed by atoms with E-state index in [0.29, 0.717) is 27.1 Å². The van der Waals surface area contributed by atoms with Gasteiger partial charge in [0, 0.05) is 27.1 Å². The molecule has 2 aromatic heterocycles. The number of rotatable bonds is 8. The number of carbonyl (C=O) groups is 3. The highest BCUT2D eigenvalue weighted by Gasteiger charge is 2.27. The lowest BCUT2D eigenvalue weighted by atomic mass is 10.1. The zero-order valence-electron chi connectivity index (χ0n) is 17.4. The number of nitrogens with one attached hydrogen (secondary N) is 1. The Morgan fingerprint density at radius 3 is 2.48 bits per heavy atom. The molecule has 0 spiro atoms. The number of anilines is 1. The van der Waals surface area contributed by atoms with E-state index < -0.39 is 5.97 Å². The smallest absolute Gasteiger partial charge is 0.341 e. The molecule has 0 aliphatic rings. The number of hydrogen-bond acceptors (Lipinski definition) is 8. The minimum Gasteiger partial charge on any atom is -0.465 e. The highest BCUT2D eigenvalue weighted by atomic mass is 32.2. The van der Waals surface area contributed by atoms with Crippen molar-refractivity contribution in [1.82, 2.24) is 19.7 Å². The van der Waals surface area contributed by atoms with Gasteiger partial charge in [0.1, 0.15) is 10.8 Å². The first-order valence-corrected chi connectivity index (χ1v) is 10.8. The van der Waals surface area contributed by atoms with E-state index in [2.05, 4.69) is 15.5 Å². The van der Waals surface area contributed by atoms with Gasteiger partial charge in [-0.1, -0.05) is 18.7 Å². The second kappa shape index (κ2) is 9.88. The highest BCUT2D eigenvalue weighted by Crippen LogP contribution is 2.34. The van der Waals surface area contributed by atoms with Gasteiger partial charge in [0.15, 0.2) is 5.16 Å². The van der Waals surface area contributed by atoms with E-state index in [-0.39, 0.29) is 23.1 Å². The van der Waals surface area contributed by atoms with Crippen LogP contribution < -0.4 is 5.32 Å². The van der Waals surface area contributed by atoms with Crippen molar-refractivity contribution in [3.63, 3.8) is 0 Å². The van der Waals surface area contributed by atoms with Crippen molar-refractivity contribution in [3.05, 3.63) is 21.8 Å². The Morgan fingerprint density at radius 1 is 1.24 bits per heavy atom. The molecule has 0 fully saturated rings. The van der Waals surface area contributed by atoms with Crippen LogP contribution in [0.2, 0.25) is 0 Å². The molecule has 11 heteroatoms. The lowest BCUT2D eigenvalue weighted by Crippen LogP contribution is -2.21. The number of hydrogen-bond donors (Lipinski definition) is 1. The van der Waals surface area contributed by atoms with Crippen molar-refractivity contribution in [2.45, 2.75) is 38.9 Å². The third-order valence-electron chi connectivity index (χ3n) is 4.15. The van der Waals surface area contributed by atoms with E-state index in [4.69, 9.17) is 4.74 Å². The van der Waals surface area contributed by atoms with Gasteiger partial charge in [0.05, 0.1) is 23.3 Å². The fourth-order valence-corrected chi connectivity index (χ4v) is 4.71. The summed E-state index contributed by atoms with van der Waals surface area (Å²) in [7, 11) is 4.52. The molecule has 2 aromatic rings. The van der Waals surface area contributed by atoms with Gasteiger partial charge in [-0.3, -0.25) is 9.59 Å². The number of aromatic nitrogens is 3. The summed E-state index contributed by atoms with van der Waals surface area (Å²) in [5, 5.41) is 12.0. The third-order valence-corrected chi connectivity index (χ3v) is 6.31. The fraction of sp³-hybridized carbons (Fsp3) is 0.500. The minimum absolute atomic E-state index is 0.0936. The summed E-state index contributed by atoms with van der Waals surface area (Å²) in [6.45, 7) is 6.37. The zero-order chi connectivity index (χ0) is 21.7. The van der Waals surface area contributed by atoms with Crippen molar-refractivity contribution < 1.29 is 19.1 Å². The summed E-state index contributed by atoms with van der Waals surface area (Å²) in [5.74, 6) is -0.192. The molecule has 0 radical (unpaired) electrons. The number of nitrogens with zero attached hydrogens (tertiary/aromatic N) is 4. The van der Waals surface area contributed by atoms with Crippen molar-refractivity contribution >= 4 is 45.9 Å². The van der Waals surface area contributed by atoms with Crippen LogP contribution >= 0.6 is 23.1 Å². The molecule has 2 rings (SSSR count). The van der Waals surface area contributed by atoms with Crippen molar-refractivity contribution in [2.24, 2.45) is 0 Å². The second-order valence-electron chi connectivity index (χ2n) is 6.28. The molecule has 0 saturated carbocycles. The largest absolute Gasteiger partial charge is 0.465 e. The third kappa shape index (κ3) is 4.96. The monoisotopic (exact) mass is 439 g/mol. The molecular formula is C18H25N5O4S2. The first-order valence-electron chi connectivity index (χ1n) is 9.03. The Labute approximate surface area is 177 Å². The van der Waals surface area contributed by atoms with Gasteiger partial charge in [0.2, 0.25) is 5.91 Å². The molecular weight excluding hydrogens is 414 g/mol. The molecule has 2 amide bonds. The van der Waals surface area contributed by atoms with Crippen molar-refractivity contribution in [1.29, 1.82) is 0 Å². The van der Waals surface area contributed by atoms with Crippen molar-refractivity contribution in [3.8, 4) is 0 Å². The van der Waals surface area contributed by atoms with Crippen LogP contribution in [0.25, 0.3) is 0 Å². The molecule has 158 valence electrons. The lowest BCUT2D eigenvalue weighted by molar-refractivity contribution is -0.113. The molecule has 0 saturated heterocycles. The Kier molecular flexibility index (Phi) is 7.80. The van der Waals surface area contributed by atoms with Crippen LogP contribution in [-0.2, 0) is 22.5 Å². The van der Waals surface area contributed by atoms with Gasteiger partial charge in [-0.15, -0.1) is 21.5 Å². The van der Waals surface area contributed by atoms with E-state index >= 15 is 0 Å². The number of amides is 2. The molecule has 0 aromatic carbocycles. The molecule has 0 atom stereocenters. The van der Waals surface area contributed by atoms with Gasteiger partial charge in [-0.25, -0.2) is 4.79 Å². The van der Waals surface area contributed by atoms with Gasteiger partial charge in [-0.2, -0.15) is 0 Å². The van der Waals surface area contributed by atoms with Crippen LogP contribution in [-0.4, -0.2) is 64.4 Å². The van der Waals surface area contributed by atoms with Crippen LogP contribution in [0.5, 0.6) is 0 Å². The maximum Gasteiger partial charge on any atom is 0.341 e. The number of carbonyl (C=O) groups excluding carboxylic acids is 3. The first-order chi connectivity index (χ1) is 13.7. The normalized spacial score (nSPS) is 10.7. The SMILES string of the molecule is CCc1nnc(SCC(=O)Nc2sc(C(=O)N(C)C)c(C)c2C(=O)OC)n1CC. The van der Waals surface area contributed by atoms with Gasteiger partial charge >= 0.3 is 5.97 Å². The van der Waals surface area contributed by atoms with E-state index in [1.54, 1.807) is 21.0 Å². The summed E-state index contributed by atoms with van der Waals surface area (Å²) >= 11 is 2.33. The first kappa shape index (κ1) is 22.9. The maximum atomic E-state index is 12.5. The Morgan fingerprint density at radius 2 is 1.93 bits per heavy atom. The molecule has 0 aliphatic heterocycles. The van der Waals surface area contributed by atoms with Crippen LogP contribution in [0.4, 0.5) is 5.00 Å². The Hall–Kier alpha value is -2.40. The predicted molar refractivity (Wildman–Crippen MR) is 113 cm³/mol. The number of ether oxygens (including phenoxy) is 1. The number of methoxy groups -OCH3 is 1. The standard InChI is InChI=1S/C18H25N5O4S2/c1-7-11-20-21-18(23(11)8-2)28-9-12(24)19-15-13(17(26)27-6)10(3)14(29-15)16(25)22(4)5/h7-9H2,1-6H3,(H,19,24). The van der Waals surface area contributed by atoms with Crippen molar-refractivity contribution in [2.75, 3.05) is 32.3 Å². The summed E-state index contributed by atoms with van der Waals surface area (Å²) < 4.78 is 6.79.